The summed E-state index contributed by atoms with van der Waals surface area (Å²) >= 11 is 0. The van der Waals surface area contributed by atoms with Crippen LogP contribution in [-0.4, -0.2) is 37.1 Å². The van der Waals surface area contributed by atoms with Gasteiger partial charge in [0.2, 0.25) is 5.91 Å². The Kier molecular flexibility index (Phi) is 4.10. The molecule has 4 nitrogen and oxygen atoms in total. The van der Waals surface area contributed by atoms with Crippen molar-refractivity contribution in [3.8, 4) is 6.07 Å². The van der Waals surface area contributed by atoms with Crippen molar-refractivity contribution in [1.29, 1.82) is 5.26 Å². The molecule has 0 radical (unpaired) electrons. The highest BCUT2D eigenvalue weighted by atomic mass is 16.5. The second kappa shape index (κ2) is 5.13. The van der Waals surface area contributed by atoms with E-state index in [2.05, 4.69) is 6.07 Å². The van der Waals surface area contributed by atoms with Crippen LogP contribution in [0.15, 0.2) is 0 Å². The van der Waals surface area contributed by atoms with E-state index in [0.717, 1.165) is 0 Å². The number of hydrogen-bond donors (Lipinski definition) is 0. The predicted molar refractivity (Wildman–Crippen MR) is 56.0 cm³/mol. The van der Waals surface area contributed by atoms with Crippen molar-refractivity contribution >= 4 is 5.91 Å². The number of ether oxygens (including phenoxy) is 1. The highest BCUT2D eigenvalue weighted by molar-refractivity contribution is 5.88. The van der Waals surface area contributed by atoms with Gasteiger partial charge in [0.1, 0.15) is 5.41 Å². The monoisotopic (exact) mass is 210 g/mol. The molecule has 0 aliphatic heterocycles. The minimum atomic E-state index is -0.692. The Morgan fingerprint density at radius 3 is 2.60 bits per heavy atom. The molecule has 0 aromatic carbocycles. The predicted octanol–water partition coefficient (Wildman–Crippen LogP) is 1.18. The maximum atomic E-state index is 11.9. The topological polar surface area (TPSA) is 53.3 Å². The van der Waals surface area contributed by atoms with Gasteiger partial charge in [0.05, 0.1) is 12.7 Å². The molecule has 0 spiro atoms. The van der Waals surface area contributed by atoms with Gasteiger partial charge >= 0.3 is 0 Å². The number of carbonyl (C=O) groups is 1. The molecule has 4 heteroatoms. The van der Waals surface area contributed by atoms with Crippen molar-refractivity contribution in [1.82, 2.24) is 4.90 Å². The fourth-order valence-corrected chi connectivity index (χ4v) is 1.52. The molecule has 1 aliphatic carbocycles. The van der Waals surface area contributed by atoms with Crippen molar-refractivity contribution in [3.63, 3.8) is 0 Å². The van der Waals surface area contributed by atoms with E-state index in [1.54, 1.807) is 4.90 Å². The van der Waals surface area contributed by atoms with E-state index in [9.17, 15) is 4.79 Å². The van der Waals surface area contributed by atoms with Crippen molar-refractivity contribution < 1.29 is 9.53 Å². The van der Waals surface area contributed by atoms with Crippen LogP contribution in [0.1, 0.15) is 26.7 Å². The van der Waals surface area contributed by atoms with Gasteiger partial charge < -0.3 is 9.64 Å². The Bertz CT molecular complexity index is 266. The van der Waals surface area contributed by atoms with Crippen LogP contribution in [0, 0.1) is 16.7 Å². The second-order valence-electron chi connectivity index (χ2n) is 3.78. The summed E-state index contributed by atoms with van der Waals surface area (Å²) in [5.41, 5.74) is -0.692. The van der Waals surface area contributed by atoms with Gasteiger partial charge in [-0.3, -0.25) is 4.79 Å². The molecule has 84 valence electrons. The summed E-state index contributed by atoms with van der Waals surface area (Å²) in [6.07, 6.45) is 1.43. The van der Waals surface area contributed by atoms with E-state index < -0.39 is 5.41 Å². The molecule has 15 heavy (non-hydrogen) atoms. The van der Waals surface area contributed by atoms with Crippen molar-refractivity contribution in [3.05, 3.63) is 0 Å². The molecule has 0 aromatic heterocycles. The Hall–Kier alpha value is -1.08. The number of carbonyl (C=O) groups excluding carboxylic acids is 1. The average Bonchev–Trinajstić information content (AvgIpc) is 3.04. The molecule has 0 aromatic rings. The largest absolute Gasteiger partial charge is 0.380 e. The summed E-state index contributed by atoms with van der Waals surface area (Å²) in [6.45, 7) is 6.31. The minimum Gasteiger partial charge on any atom is -0.380 e. The first-order chi connectivity index (χ1) is 7.20. The third kappa shape index (κ3) is 2.69. The lowest BCUT2D eigenvalue weighted by atomic mass is 10.1. The molecule has 1 saturated carbocycles. The van der Waals surface area contributed by atoms with Crippen LogP contribution < -0.4 is 0 Å². The molecule has 1 rings (SSSR count). The summed E-state index contributed by atoms with van der Waals surface area (Å²) in [5, 5.41) is 8.91. The average molecular weight is 210 g/mol. The van der Waals surface area contributed by atoms with Gasteiger partial charge in [-0.15, -0.1) is 0 Å². The quantitative estimate of drug-likeness (QED) is 0.618. The summed E-state index contributed by atoms with van der Waals surface area (Å²) in [6, 6.07) is 2.13. The van der Waals surface area contributed by atoms with Crippen LogP contribution in [0.5, 0.6) is 0 Å². The lowest BCUT2D eigenvalue weighted by molar-refractivity contribution is -0.135. The number of amides is 1. The van der Waals surface area contributed by atoms with Crippen LogP contribution in [0.2, 0.25) is 0 Å². The molecule has 0 atom stereocenters. The smallest absolute Gasteiger partial charge is 0.243 e. The van der Waals surface area contributed by atoms with Crippen molar-refractivity contribution in [2.24, 2.45) is 5.41 Å². The molecule has 1 aliphatic rings. The molecule has 1 amide bonds. The van der Waals surface area contributed by atoms with E-state index in [1.807, 2.05) is 13.8 Å². The summed E-state index contributed by atoms with van der Waals surface area (Å²) in [4.78, 5) is 13.6. The number of nitriles is 1. The zero-order valence-corrected chi connectivity index (χ0v) is 9.45. The third-order valence-electron chi connectivity index (χ3n) is 2.75. The lowest BCUT2D eigenvalue weighted by Gasteiger charge is -2.22. The standard InChI is InChI=1S/C11H18N2O2/c1-3-13(7-8-15-4-2)10(14)11(9-12)5-6-11/h3-8H2,1-2H3. The van der Waals surface area contributed by atoms with E-state index in [0.29, 0.717) is 39.1 Å². The van der Waals surface area contributed by atoms with Crippen LogP contribution in [0.3, 0.4) is 0 Å². The highest BCUT2D eigenvalue weighted by Crippen LogP contribution is 2.46. The molecule has 0 N–H and O–H groups in total. The highest BCUT2D eigenvalue weighted by Gasteiger charge is 2.52. The Morgan fingerprint density at radius 1 is 1.53 bits per heavy atom. The van der Waals surface area contributed by atoms with Crippen LogP contribution in [0.4, 0.5) is 0 Å². The number of nitrogens with zero attached hydrogens (tertiary/aromatic N) is 2. The van der Waals surface area contributed by atoms with E-state index in [4.69, 9.17) is 10.00 Å². The van der Waals surface area contributed by atoms with E-state index in [-0.39, 0.29) is 5.91 Å². The van der Waals surface area contributed by atoms with Gasteiger partial charge in [0.15, 0.2) is 0 Å². The molecular formula is C11H18N2O2. The number of rotatable bonds is 6. The van der Waals surface area contributed by atoms with E-state index >= 15 is 0 Å². The fraction of sp³-hybridized carbons (Fsp3) is 0.818. The zero-order chi connectivity index (χ0) is 11.3. The normalized spacial score (nSPS) is 16.9. The molecule has 0 saturated heterocycles. The summed E-state index contributed by atoms with van der Waals surface area (Å²) in [7, 11) is 0. The molecular weight excluding hydrogens is 192 g/mol. The van der Waals surface area contributed by atoms with Crippen LogP contribution in [-0.2, 0) is 9.53 Å². The van der Waals surface area contributed by atoms with Gasteiger partial charge in [-0.05, 0) is 26.7 Å². The first-order valence-electron chi connectivity index (χ1n) is 5.48. The summed E-state index contributed by atoms with van der Waals surface area (Å²) < 4.78 is 5.21. The van der Waals surface area contributed by atoms with Gasteiger partial charge in [0.25, 0.3) is 0 Å². The minimum absolute atomic E-state index is 0.0211. The van der Waals surface area contributed by atoms with Crippen LogP contribution in [0.25, 0.3) is 0 Å². The van der Waals surface area contributed by atoms with Gasteiger partial charge in [-0.25, -0.2) is 0 Å². The van der Waals surface area contributed by atoms with Crippen LogP contribution >= 0.6 is 0 Å². The molecule has 0 unspecified atom stereocenters. The first kappa shape index (κ1) is 12.0. The van der Waals surface area contributed by atoms with Gasteiger partial charge in [-0.1, -0.05) is 0 Å². The summed E-state index contributed by atoms with van der Waals surface area (Å²) in [5.74, 6) is -0.0211. The molecule has 0 heterocycles. The van der Waals surface area contributed by atoms with Crippen molar-refractivity contribution in [2.45, 2.75) is 26.7 Å². The van der Waals surface area contributed by atoms with Gasteiger partial charge in [-0.2, -0.15) is 5.26 Å². The Labute approximate surface area is 90.8 Å². The number of hydrogen-bond acceptors (Lipinski definition) is 3. The van der Waals surface area contributed by atoms with Gasteiger partial charge in [0, 0.05) is 19.7 Å². The maximum Gasteiger partial charge on any atom is 0.243 e. The molecule has 1 fully saturated rings. The SMILES string of the molecule is CCOCCN(CC)C(=O)C1(C#N)CC1. The lowest BCUT2D eigenvalue weighted by Crippen LogP contribution is -2.38. The zero-order valence-electron chi connectivity index (χ0n) is 9.45. The molecule has 0 bridgehead atoms. The van der Waals surface area contributed by atoms with Crippen molar-refractivity contribution in [2.75, 3.05) is 26.3 Å². The maximum absolute atomic E-state index is 11.9. The fourth-order valence-electron chi connectivity index (χ4n) is 1.52. The van der Waals surface area contributed by atoms with E-state index in [1.165, 1.54) is 0 Å². The second-order valence-corrected chi connectivity index (χ2v) is 3.78. The first-order valence-corrected chi connectivity index (χ1v) is 5.48. The number of likely N-dealkylation sites (N-methyl/N-ethyl adjacent to an activating group) is 1. The third-order valence-corrected chi connectivity index (χ3v) is 2.75. The Balaban J connectivity index is 2.45. The Morgan fingerprint density at radius 2 is 2.20 bits per heavy atom.